The van der Waals surface area contributed by atoms with E-state index in [-0.39, 0.29) is 10.4 Å². The Morgan fingerprint density at radius 3 is 2.62 bits per heavy atom. The van der Waals surface area contributed by atoms with Crippen molar-refractivity contribution in [3.8, 4) is 0 Å². The minimum atomic E-state index is 0.0737. The highest BCUT2D eigenvalue weighted by atomic mass is 35.5. The molecule has 21 heavy (non-hydrogen) atoms. The lowest BCUT2D eigenvalue weighted by atomic mass is 10.0. The van der Waals surface area contributed by atoms with E-state index in [0.717, 1.165) is 17.7 Å². The number of hydrogen-bond donors (Lipinski definition) is 3. The molecular formula is C16H18ClN3S. The maximum atomic E-state index is 7.60. The van der Waals surface area contributed by atoms with Gasteiger partial charge >= 0.3 is 0 Å². The largest absolute Gasteiger partial charge is 0.388 e. The summed E-state index contributed by atoms with van der Waals surface area (Å²) in [7, 11) is 1.87. The van der Waals surface area contributed by atoms with E-state index in [9.17, 15) is 0 Å². The first-order valence-corrected chi connectivity index (χ1v) is 7.87. The molecule has 0 aliphatic carbocycles. The number of halogens is 1. The molecule has 2 rings (SSSR count). The number of nitrogens with one attached hydrogen (secondary N) is 2. The highest BCUT2D eigenvalue weighted by molar-refractivity contribution is 8.13. The Balaban J connectivity index is 2.33. The first-order valence-electron chi connectivity index (χ1n) is 6.62. The number of hydrogen-bond acceptors (Lipinski definition) is 3. The van der Waals surface area contributed by atoms with Crippen molar-refractivity contribution in [3.05, 3.63) is 64.7 Å². The zero-order valence-electron chi connectivity index (χ0n) is 11.8. The summed E-state index contributed by atoms with van der Waals surface area (Å²) in [6.45, 7) is 0. The monoisotopic (exact) mass is 319 g/mol. The van der Waals surface area contributed by atoms with Gasteiger partial charge in [-0.2, -0.15) is 0 Å². The van der Waals surface area contributed by atoms with Crippen molar-refractivity contribution in [2.75, 3.05) is 12.4 Å². The molecule has 2 aromatic carbocycles. The Kier molecular flexibility index (Phi) is 5.53. The molecule has 0 heterocycles. The molecule has 0 fully saturated rings. The van der Waals surface area contributed by atoms with E-state index in [1.807, 2.05) is 43.4 Å². The highest BCUT2D eigenvalue weighted by Crippen LogP contribution is 2.37. The molecule has 0 amide bonds. The molecule has 4 N–H and O–H groups in total. The van der Waals surface area contributed by atoms with Gasteiger partial charge in [0.1, 0.15) is 0 Å². The van der Waals surface area contributed by atoms with Crippen molar-refractivity contribution >= 4 is 34.2 Å². The number of rotatable bonds is 5. The van der Waals surface area contributed by atoms with Crippen LogP contribution in [0.2, 0.25) is 5.02 Å². The molecule has 3 nitrogen and oxygen atoms in total. The van der Waals surface area contributed by atoms with Crippen LogP contribution in [-0.4, -0.2) is 12.2 Å². The van der Waals surface area contributed by atoms with Crippen LogP contribution in [0.5, 0.6) is 0 Å². The molecule has 0 saturated carbocycles. The van der Waals surface area contributed by atoms with Crippen LogP contribution in [0.3, 0.4) is 0 Å². The van der Waals surface area contributed by atoms with E-state index < -0.39 is 0 Å². The van der Waals surface area contributed by atoms with Gasteiger partial charge in [-0.1, -0.05) is 59.8 Å². The second-order valence-corrected chi connectivity index (χ2v) is 6.32. The molecule has 1 unspecified atom stereocenters. The molecular weight excluding hydrogens is 302 g/mol. The highest BCUT2D eigenvalue weighted by Gasteiger charge is 2.18. The Morgan fingerprint density at radius 2 is 2.00 bits per heavy atom. The maximum Gasteiger partial charge on any atom is 0.151 e. The molecule has 0 saturated heterocycles. The molecule has 0 aliphatic heterocycles. The lowest BCUT2D eigenvalue weighted by molar-refractivity contribution is 0.937. The van der Waals surface area contributed by atoms with Crippen LogP contribution >= 0.6 is 23.4 Å². The van der Waals surface area contributed by atoms with Gasteiger partial charge in [-0.3, -0.25) is 5.41 Å². The number of benzene rings is 2. The van der Waals surface area contributed by atoms with Crippen molar-refractivity contribution in [2.45, 2.75) is 11.7 Å². The zero-order chi connectivity index (χ0) is 15.2. The van der Waals surface area contributed by atoms with E-state index >= 15 is 0 Å². The van der Waals surface area contributed by atoms with Crippen LogP contribution in [0.15, 0.2) is 48.5 Å². The van der Waals surface area contributed by atoms with Gasteiger partial charge in [0.05, 0.1) is 0 Å². The van der Waals surface area contributed by atoms with E-state index in [1.165, 1.54) is 17.3 Å². The Morgan fingerprint density at radius 1 is 1.29 bits per heavy atom. The lowest BCUT2D eigenvalue weighted by Gasteiger charge is -2.20. The minimum Gasteiger partial charge on any atom is -0.388 e. The van der Waals surface area contributed by atoms with Gasteiger partial charge < -0.3 is 11.1 Å². The van der Waals surface area contributed by atoms with Crippen molar-refractivity contribution in [1.82, 2.24) is 0 Å². The van der Waals surface area contributed by atoms with E-state index in [4.69, 9.17) is 22.7 Å². The summed E-state index contributed by atoms with van der Waals surface area (Å²) in [5.74, 6) is 0. The minimum absolute atomic E-state index is 0.0737. The third kappa shape index (κ3) is 4.41. The van der Waals surface area contributed by atoms with Gasteiger partial charge in [-0.05, 0) is 29.7 Å². The number of anilines is 1. The average Bonchev–Trinajstić information content (AvgIpc) is 2.47. The van der Waals surface area contributed by atoms with Crippen LogP contribution in [0.4, 0.5) is 5.69 Å². The first kappa shape index (κ1) is 15.7. The van der Waals surface area contributed by atoms with Crippen molar-refractivity contribution in [3.63, 3.8) is 0 Å². The normalized spacial score (nSPS) is 11.9. The van der Waals surface area contributed by atoms with Crippen LogP contribution in [-0.2, 0) is 6.42 Å². The summed E-state index contributed by atoms with van der Waals surface area (Å²) >= 11 is 7.41. The summed E-state index contributed by atoms with van der Waals surface area (Å²) in [5, 5.41) is 11.7. The first-order chi connectivity index (χ1) is 10.1. The van der Waals surface area contributed by atoms with Crippen molar-refractivity contribution in [2.24, 2.45) is 5.73 Å². The third-order valence-electron chi connectivity index (χ3n) is 3.16. The molecule has 0 bridgehead atoms. The fraction of sp³-hybridized carbons (Fsp3) is 0.188. The predicted molar refractivity (Wildman–Crippen MR) is 93.4 cm³/mol. The van der Waals surface area contributed by atoms with Gasteiger partial charge in [0.2, 0.25) is 0 Å². The number of thioether (sulfide) groups is 1. The molecule has 0 aliphatic rings. The number of nitrogens with two attached hydrogens (primary N) is 1. The standard InChI is InChI=1S/C16H18ClN3S/c1-20-14-10-12(17)7-8-13(14)15(21-16(18)19)9-11-5-3-2-4-6-11/h2-8,10,15,20H,9H2,1H3,(H3,18,19). The summed E-state index contributed by atoms with van der Waals surface area (Å²) in [4.78, 5) is 0. The van der Waals surface area contributed by atoms with E-state index in [0.29, 0.717) is 5.02 Å². The van der Waals surface area contributed by atoms with Crippen LogP contribution in [0.25, 0.3) is 0 Å². The van der Waals surface area contributed by atoms with Gasteiger partial charge in [0.15, 0.2) is 5.17 Å². The van der Waals surface area contributed by atoms with Crippen LogP contribution in [0.1, 0.15) is 16.4 Å². The second kappa shape index (κ2) is 7.38. The van der Waals surface area contributed by atoms with Gasteiger partial charge in [-0.15, -0.1) is 0 Å². The molecule has 0 radical (unpaired) electrons. The smallest absolute Gasteiger partial charge is 0.151 e. The lowest BCUT2D eigenvalue weighted by Crippen LogP contribution is -2.11. The quantitative estimate of drug-likeness (QED) is 0.569. The second-order valence-electron chi connectivity index (χ2n) is 4.64. The Labute approximate surface area is 134 Å². The van der Waals surface area contributed by atoms with Gasteiger partial charge in [-0.25, -0.2) is 0 Å². The fourth-order valence-electron chi connectivity index (χ4n) is 2.22. The molecule has 2 aromatic rings. The summed E-state index contributed by atoms with van der Waals surface area (Å²) in [6.07, 6.45) is 0.807. The van der Waals surface area contributed by atoms with Crippen LogP contribution < -0.4 is 11.1 Å². The molecule has 1 atom stereocenters. The van der Waals surface area contributed by atoms with Gasteiger partial charge in [0, 0.05) is 23.0 Å². The van der Waals surface area contributed by atoms with Crippen molar-refractivity contribution in [1.29, 1.82) is 5.41 Å². The summed E-state index contributed by atoms with van der Waals surface area (Å²) < 4.78 is 0. The third-order valence-corrected chi connectivity index (χ3v) is 4.36. The van der Waals surface area contributed by atoms with Crippen LogP contribution in [0, 0.1) is 5.41 Å². The zero-order valence-corrected chi connectivity index (χ0v) is 13.3. The maximum absolute atomic E-state index is 7.60. The topological polar surface area (TPSA) is 61.9 Å². The van der Waals surface area contributed by atoms with Gasteiger partial charge in [0.25, 0.3) is 0 Å². The average molecular weight is 320 g/mol. The molecule has 0 aromatic heterocycles. The Hall–Kier alpha value is -1.65. The predicted octanol–water partition coefficient (Wildman–Crippen LogP) is 4.29. The van der Waals surface area contributed by atoms with Crippen molar-refractivity contribution < 1.29 is 0 Å². The fourth-order valence-corrected chi connectivity index (χ4v) is 3.31. The SMILES string of the molecule is CNc1cc(Cl)ccc1C(Cc1ccccc1)SC(=N)N. The molecule has 110 valence electrons. The van der Waals surface area contributed by atoms with E-state index in [2.05, 4.69) is 17.4 Å². The molecule has 5 heteroatoms. The molecule has 0 spiro atoms. The number of amidine groups is 1. The Bertz CT molecular complexity index is 616. The summed E-state index contributed by atoms with van der Waals surface area (Å²) in [6, 6.07) is 16.0. The summed E-state index contributed by atoms with van der Waals surface area (Å²) in [5.41, 5.74) is 8.89. The van der Waals surface area contributed by atoms with E-state index in [1.54, 1.807) is 0 Å².